The van der Waals surface area contributed by atoms with E-state index in [4.69, 9.17) is 0 Å². The molecule has 0 aliphatic rings. The van der Waals surface area contributed by atoms with Crippen LogP contribution in [0.15, 0.2) is 83.8 Å². The van der Waals surface area contributed by atoms with Gasteiger partial charge in [-0.2, -0.15) is 0 Å². The van der Waals surface area contributed by atoms with Crippen LogP contribution in [0.2, 0.25) is 0 Å². The van der Waals surface area contributed by atoms with Crippen LogP contribution in [0.25, 0.3) is 11.0 Å². The zero-order valence-corrected chi connectivity index (χ0v) is 21.5. The van der Waals surface area contributed by atoms with Crippen molar-refractivity contribution < 1.29 is 13.2 Å². The monoisotopic (exact) mass is 506 g/mol. The van der Waals surface area contributed by atoms with E-state index >= 15 is 0 Å². The van der Waals surface area contributed by atoms with Crippen LogP contribution in [-0.4, -0.2) is 49.8 Å². The van der Waals surface area contributed by atoms with Gasteiger partial charge >= 0.3 is 0 Å². The van der Waals surface area contributed by atoms with E-state index in [1.807, 2.05) is 50.2 Å². The fourth-order valence-electron chi connectivity index (χ4n) is 3.23. The Kier molecular flexibility index (Phi) is 8.93. The average Bonchev–Trinajstić information content (AvgIpc) is 2.86. The second-order valence-electron chi connectivity index (χ2n) is 7.82. The summed E-state index contributed by atoms with van der Waals surface area (Å²) < 4.78 is 29.0. The maximum atomic E-state index is 13.2. The van der Waals surface area contributed by atoms with Crippen molar-refractivity contribution in [3.05, 3.63) is 78.9 Å². The van der Waals surface area contributed by atoms with Crippen LogP contribution in [0, 0.1) is 0 Å². The Labute approximate surface area is 211 Å². The minimum Gasteiger partial charge on any atom is -0.337 e. The number of sulfonamides is 1. The van der Waals surface area contributed by atoms with E-state index in [0.29, 0.717) is 16.7 Å². The van der Waals surface area contributed by atoms with Crippen LogP contribution < -0.4 is 15.4 Å². The summed E-state index contributed by atoms with van der Waals surface area (Å²) in [6, 6.07) is 22.5. The molecule has 0 spiro atoms. The van der Waals surface area contributed by atoms with E-state index in [9.17, 15) is 13.2 Å². The molecule has 1 amide bonds. The quantitative estimate of drug-likeness (QED) is 0.317. The maximum absolute atomic E-state index is 13.2. The van der Waals surface area contributed by atoms with Gasteiger partial charge in [0.05, 0.1) is 22.5 Å². The molecule has 0 bridgehead atoms. The minimum absolute atomic E-state index is 0.0178. The third-order valence-electron chi connectivity index (χ3n) is 4.73. The molecule has 0 unspecified atom stereocenters. The Balaban J connectivity index is 0.00000176. The van der Waals surface area contributed by atoms with Crippen molar-refractivity contribution >= 4 is 50.0 Å². The Morgan fingerprint density at radius 1 is 0.806 bits per heavy atom. The first kappa shape index (κ1) is 26.6. The van der Waals surface area contributed by atoms with Crippen molar-refractivity contribution in [3.63, 3.8) is 0 Å². The molecular weight excluding hydrogens is 476 g/mol. The van der Waals surface area contributed by atoms with Crippen molar-refractivity contribution in [3.8, 4) is 0 Å². The van der Waals surface area contributed by atoms with Crippen LogP contribution in [-0.2, 0) is 14.8 Å². The first-order chi connectivity index (χ1) is 17.3. The van der Waals surface area contributed by atoms with Crippen LogP contribution in [0.5, 0.6) is 0 Å². The van der Waals surface area contributed by atoms with Crippen LogP contribution in [0.3, 0.4) is 0 Å². The van der Waals surface area contributed by atoms with Gasteiger partial charge in [-0.05, 0) is 56.6 Å². The van der Waals surface area contributed by atoms with Gasteiger partial charge < -0.3 is 15.5 Å². The van der Waals surface area contributed by atoms with Crippen LogP contribution in [0.4, 0.5) is 23.0 Å². The topological polar surface area (TPSA) is 116 Å². The van der Waals surface area contributed by atoms with Crippen molar-refractivity contribution in [2.75, 3.05) is 36.0 Å². The number of para-hydroxylation sites is 3. The predicted molar refractivity (Wildman–Crippen MR) is 145 cm³/mol. The first-order valence-corrected chi connectivity index (χ1v) is 12.9. The molecule has 1 heterocycles. The molecule has 0 fully saturated rings. The van der Waals surface area contributed by atoms with Crippen LogP contribution in [0.1, 0.15) is 13.8 Å². The molecule has 10 heteroatoms. The van der Waals surface area contributed by atoms with Gasteiger partial charge in [0.2, 0.25) is 5.91 Å². The Hall–Kier alpha value is -4.02. The lowest BCUT2D eigenvalue weighted by Crippen LogP contribution is -2.27. The number of carbonyl (C=O) groups excluding carboxylic acids is 1. The molecule has 188 valence electrons. The van der Waals surface area contributed by atoms with Crippen molar-refractivity contribution in [2.24, 2.45) is 0 Å². The number of fused-ring (bicyclic) bond motifs is 1. The molecule has 4 rings (SSSR count). The van der Waals surface area contributed by atoms with Crippen molar-refractivity contribution in [1.29, 1.82) is 0 Å². The number of hydrogen-bond acceptors (Lipinski definition) is 7. The molecule has 9 nitrogen and oxygen atoms in total. The van der Waals surface area contributed by atoms with E-state index in [1.54, 1.807) is 49.3 Å². The standard InChI is InChI=1S/C24H24N6O3S.C2H6/c1-30(2)16-22(31)25-18-11-8-12-19(15-18)34(32,33)29-24-23(26-17-9-4-3-5-10-17)27-20-13-6-7-14-21(20)28-24;1-2/h3-15H,16H2,1-2H3,(H,25,31)(H,26,27)(H,28,29);1-2H3. The van der Waals surface area contributed by atoms with E-state index in [-0.39, 0.29) is 29.0 Å². The highest BCUT2D eigenvalue weighted by Crippen LogP contribution is 2.27. The summed E-state index contributed by atoms with van der Waals surface area (Å²) in [5, 5.41) is 5.84. The predicted octanol–water partition coefficient (Wildman–Crippen LogP) is 4.70. The number of aromatic nitrogens is 2. The van der Waals surface area contributed by atoms with E-state index in [0.717, 1.165) is 5.69 Å². The lowest BCUT2D eigenvalue weighted by molar-refractivity contribution is -0.116. The van der Waals surface area contributed by atoms with E-state index in [1.165, 1.54) is 12.1 Å². The van der Waals surface area contributed by atoms with Gasteiger partial charge in [0.15, 0.2) is 11.6 Å². The summed E-state index contributed by atoms with van der Waals surface area (Å²) in [5.41, 5.74) is 2.28. The molecule has 0 atom stereocenters. The Morgan fingerprint density at radius 2 is 1.39 bits per heavy atom. The summed E-state index contributed by atoms with van der Waals surface area (Å²) in [7, 11) is -0.485. The largest absolute Gasteiger partial charge is 0.337 e. The van der Waals surface area contributed by atoms with Crippen LogP contribution >= 0.6 is 0 Å². The second-order valence-corrected chi connectivity index (χ2v) is 9.50. The third kappa shape index (κ3) is 7.00. The zero-order valence-electron chi connectivity index (χ0n) is 20.7. The molecular formula is C26H30N6O3S. The molecule has 0 aliphatic heterocycles. The molecule has 3 aromatic carbocycles. The van der Waals surface area contributed by atoms with Gasteiger partial charge in [-0.1, -0.05) is 50.2 Å². The number of benzene rings is 3. The number of hydrogen-bond donors (Lipinski definition) is 3. The third-order valence-corrected chi connectivity index (χ3v) is 6.06. The summed E-state index contributed by atoms with van der Waals surface area (Å²) in [6.45, 7) is 4.18. The normalized spacial score (nSPS) is 10.9. The van der Waals surface area contributed by atoms with Gasteiger partial charge in [0.25, 0.3) is 10.0 Å². The summed E-state index contributed by atoms with van der Waals surface area (Å²) in [4.78, 5) is 22.8. The van der Waals surface area contributed by atoms with Gasteiger partial charge in [0, 0.05) is 11.4 Å². The summed E-state index contributed by atoms with van der Waals surface area (Å²) in [5.74, 6) is 0.0794. The number of nitrogens with zero attached hydrogens (tertiary/aromatic N) is 3. The van der Waals surface area contributed by atoms with Crippen molar-refractivity contribution in [2.45, 2.75) is 18.7 Å². The molecule has 36 heavy (non-hydrogen) atoms. The Morgan fingerprint density at radius 3 is 2.03 bits per heavy atom. The lowest BCUT2D eigenvalue weighted by atomic mass is 10.3. The zero-order chi connectivity index (χ0) is 26.1. The molecule has 0 aliphatic carbocycles. The number of anilines is 4. The summed E-state index contributed by atoms with van der Waals surface area (Å²) in [6.07, 6.45) is 0. The van der Waals surface area contributed by atoms with E-state index < -0.39 is 10.0 Å². The SMILES string of the molecule is CC.CN(C)CC(=O)Nc1cccc(S(=O)(=O)Nc2nc3ccccc3nc2Nc2ccccc2)c1. The number of likely N-dealkylation sites (N-methyl/N-ethyl adjacent to an activating group) is 1. The highest BCUT2D eigenvalue weighted by Gasteiger charge is 2.20. The van der Waals surface area contributed by atoms with E-state index in [2.05, 4.69) is 25.3 Å². The average molecular weight is 507 g/mol. The van der Waals surface area contributed by atoms with Gasteiger partial charge in [0.1, 0.15) is 0 Å². The molecule has 4 aromatic rings. The number of rotatable bonds is 8. The fraction of sp³-hybridized carbons (Fsp3) is 0.192. The number of amides is 1. The first-order valence-electron chi connectivity index (χ1n) is 11.5. The number of nitrogens with one attached hydrogen (secondary N) is 3. The highest BCUT2D eigenvalue weighted by atomic mass is 32.2. The molecule has 0 saturated carbocycles. The van der Waals surface area contributed by atoms with Gasteiger partial charge in [-0.3, -0.25) is 9.52 Å². The summed E-state index contributed by atoms with van der Waals surface area (Å²) >= 11 is 0. The molecule has 3 N–H and O–H groups in total. The second kappa shape index (κ2) is 12.1. The van der Waals surface area contributed by atoms with Crippen molar-refractivity contribution in [1.82, 2.24) is 14.9 Å². The minimum atomic E-state index is -4.03. The molecule has 0 saturated heterocycles. The number of carbonyl (C=O) groups is 1. The smallest absolute Gasteiger partial charge is 0.263 e. The van der Waals surface area contributed by atoms with Gasteiger partial charge in [-0.25, -0.2) is 18.4 Å². The highest BCUT2D eigenvalue weighted by molar-refractivity contribution is 7.92. The molecule has 1 aromatic heterocycles. The lowest BCUT2D eigenvalue weighted by Gasteiger charge is -2.15. The molecule has 0 radical (unpaired) electrons. The van der Waals surface area contributed by atoms with Gasteiger partial charge in [-0.15, -0.1) is 0 Å². The maximum Gasteiger partial charge on any atom is 0.263 e. The fourth-order valence-corrected chi connectivity index (χ4v) is 4.29. The Bertz CT molecular complexity index is 1430.